The zero-order valence-corrected chi connectivity index (χ0v) is 13.0. The van der Waals surface area contributed by atoms with E-state index >= 15 is 0 Å². The SMILES string of the molecule is CC(C)(CCN1C(=O)NC2(CCCCC2)C1=O)C(N)=S. The number of nitrogens with zero attached hydrogens (tertiary/aromatic N) is 1. The van der Waals surface area contributed by atoms with E-state index < -0.39 is 5.54 Å². The Morgan fingerprint density at radius 2 is 1.95 bits per heavy atom. The monoisotopic (exact) mass is 297 g/mol. The number of rotatable bonds is 4. The molecule has 1 heterocycles. The van der Waals surface area contributed by atoms with Crippen LogP contribution in [0.1, 0.15) is 52.4 Å². The van der Waals surface area contributed by atoms with Crippen LogP contribution in [0.4, 0.5) is 4.79 Å². The first kappa shape index (κ1) is 15.2. The first-order valence-corrected chi connectivity index (χ1v) is 7.63. The number of hydrogen-bond acceptors (Lipinski definition) is 3. The molecule has 2 rings (SSSR count). The molecule has 2 fully saturated rings. The second-order valence-electron chi connectivity index (χ2n) is 6.53. The fourth-order valence-corrected chi connectivity index (χ4v) is 2.99. The van der Waals surface area contributed by atoms with Gasteiger partial charge >= 0.3 is 6.03 Å². The van der Waals surface area contributed by atoms with Crippen molar-refractivity contribution in [3.8, 4) is 0 Å². The Hall–Kier alpha value is -1.17. The number of amides is 3. The summed E-state index contributed by atoms with van der Waals surface area (Å²) in [6.45, 7) is 4.24. The molecule has 5 nitrogen and oxygen atoms in total. The molecular formula is C14H23N3O2S. The molecule has 0 bridgehead atoms. The molecule has 0 radical (unpaired) electrons. The summed E-state index contributed by atoms with van der Waals surface area (Å²) in [5.74, 6) is -0.0686. The van der Waals surface area contributed by atoms with Crippen molar-refractivity contribution < 1.29 is 9.59 Å². The van der Waals surface area contributed by atoms with Crippen molar-refractivity contribution in [2.45, 2.75) is 57.9 Å². The Morgan fingerprint density at radius 3 is 2.50 bits per heavy atom. The van der Waals surface area contributed by atoms with E-state index in [1.807, 2.05) is 13.8 Å². The minimum Gasteiger partial charge on any atom is -0.393 e. The molecule has 1 spiro atoms. The molecule has 6 heteroatoms. The van der Waals surface area contributed by atoms with Gasteiger partial charge in [0, 0.05) is 12.0 Å². The van der Waals surface area contributed by atoms with Gasteiger partial charge in [-0.1, -0.05) is 45.3 Å². The van der Waals surface area contributed by atoms with Crippen LogP contribution in [-0.4, -0.2) is 33.9 Å². The van der Waals surface area contributed by atoms with E-state index in [0.29, 0.717) is 18.0 Å². The van der Waals surface area contributed by atoms with Crippen molar-refractivity contribution in [1.29, 1.82) is 0 Å². The van der Waals surface area contributed by atoms with Crippen molar-refractivity contribution in [2.75, 3.05) is 6.54 Å². The van der Waals surface area contributed by atoms with Gasteiger partial charge in [-0.05, 0) is 19.3 Å². The fourth-order valence-electron chi connectivity index (χ4n) is 2.89. The maximum atomic E-state index is 12.6. The summed E-state index contributed by atoms with van der Waals surface area (Å²) in [6, 6.07) is -0.268. The van der Waals surface area contributed by atoms with Crippen molar-refractivity contribution in [3.63, 3.8) is 0 Å². The Balaban J connectivity index is 2.04. The highest BCUT2D eigenvalue weighted by atomic mass is 32.1. The summed E-state index contributed by atoms with van der Waals surface area (Å²) in [5, 5.41) is 2.91. The minimum atomic E-state index is -0.636. The van der Waals surface area contributed by atoms with Gasteiger partial charge in [0.1, 0.15) is 5.54 Å². The molecule has 0 unspecified atom stereocenters. The van der Waals surface area contributed by atoms with Gasteiger partial charge in [-0.2, -0.15) is 0 Å². The Kier molecular flexibility index (Phi) is 4.04. The standard InChI is InChI=1S/C14H23N3O2S/c1-13(2,10(15)20)8-9-17-11(18)14(16-12(17)19)6-4-3-5-7-14/h3-9H2,1-2H3,(H2,15,20)(H,16,19). The van der Waals surface area contributed by atoms with E-state index in [-0.39, 0.29) is 17.4 Å². The van der Waals surface area contributed by atoms with Crippen LogP contribution in [0.15, 0.2) is 0 Å². The summed E-state index contributed by atoms with van der Waals surface area (Å²) in [5.41, 5.74) is 4.70. The van der Waals surface area contributed by atoms with Gasteiger partial charge < -0.3 is 11.1 Å². The number of imide groups is 1. The van der Waals surface area contributed by atoms with Crippen LogP contribution in [0, 0.1) is 5.41 Å². The van der Waals surface area contributed by atoms with Crippen LogP contribution < -0.4 is 11.1 Å². The molecule has 1 saturated heterocycles. The predicted molar refractivity (Wildman–Crippen MR) is 81.2 cm³/mol. The van der Waals surface area contributed by atoms with Gasteiger partial charge in [-0.25, -0.2) is 4.79 Å². The summed E-state index contributed by atoms with van der Waals surface area (Å²) in [6.07, 6.45) is 5.24. The number of urea groups is 1. The summed E-state index contributed by atoms with van der Waals surface area (Å²) >= 11 is 5.02. The molecule has 1 aliphatic carbocycles. The number of hydrogen-bond donors (Lipinski definition) is 2. The molecule has 1 aliphatic heterocycles. The maximum Gasteiger partial charge on any atom is 0.325 e. The topological polar surface area (TPSA) is 75.4 Å². The smallest absolute Gasteiger partial charge is 0.325 e. The predicted octanol–water partition coefficient (Wildman–Crippen LogP) is 1.94. The van der Waals surface area contributed by atoms with Gasteiger partial charge in [-0.3, -0.25) is 9.69 Å². The van der Waals surface area contributed by atoms with E-state index in [9.17, 15) is 9.59 Å². The van der Waals surface area contributed by atoms with Crippen molar-refractivity contribution in [1.82, 2.24) is 10.2 Å². The van der Waals surface area contributed by atoms with E-state index in [4.69, 9.17) is 18.0 Å². The Morgan fingerprint density at radius 1 is 1.35 bits per heavy atom. The molecule has 0 aromatic rings. The minimum absolute atomic E-state index is 0.0686. The highest BCUT2D eigenvalue weighted by Crippen LogP contribution is 2.34. The second kappa shape index (κ2) is 5.31. The molecule has 0 aromatic carbocycles. The Labute approximate surface area is 125 Å². The third-order valence-electron chi connectivity index (χ3n) is 4.58. The van der Waals surface area contributed by atoms with E-state index in [1.54, 1.807) is 0 Å². The first-order chi connectivity index (χ1) is 9.28. The summed E-state index contributed by atoms with van der Waals surface area (Å²) in [7, 11) is 0. The molecular weight excluding hydrogens is 274 g/mol. The number of nitrogens with two attached hydrogens (primary N) is 1. The molecule has 3 amide bonds. The highest BCUT2D eigenvalue weighted by molar-refractivity contribution is 7.80. The molecule has 0 atom stereocenters. The summed E-state index contributed by atoms with van der Waals surface area (Å²) < 4.78 is 0. The van der Waals surface area contributed by atoms with Crippen LogP contribution in [0.25, 0.3) is 0 Å². The number of nitrogens with one attached hydrogen (secondary N) is 1. The highest BCUT2D eigenvalue weighted by Gasteiger charge is 2.51. The van der Waals surface area contributed by atoms with Crippen molar-refractivity contribution in [3.05, 3.63) is 0 Å². The fraction of sp³-hybridized carbons (Fsp3) is 0.786. The van der Waals surface area contributed by atoms with Gasteiger partial charge in [0.15, 0.2) is 0 Å². The van der Waals surface area contributed by atoms with Crippen molar-refractivity contribution in [2.24, 2.45) is 11.1 Å². The Bertz CT molecular complexity index is 442. The summed E-state index contributed by atoms with van der Waals surface area (Å²) in [4.78, 5) is 26.4. The van der Waals surface area contributed by atoms with Crippen molar-refractivity contribution >= 4 is 29.1 Å². The van der Waals surface area contributed by atoms with Crippen LogP contribution >= 0.6 is 12.2 Å². The molecule has 1 saturated carbocycles. The van der Waals surface area contributed by atoms with E-state index in [0.717, 1.165) is 32.1 Å². The molecule has 112 valence electrons. The normalized spacial score (nSPS) is 22.2. The lowest BCUT2D eigenvalue weighted by Crippen LogP contribution is -2.48. The molecule has 3 N–H and O–H groups in total. The van der Waals surface area contributed by atoms with Crippen LogP contribution in [0.3, 0.4) is 0 Å². The molecule has 2 aliphatic rings. The first-order valence-electron chi connectivity index (χ1n) is 7.23. The van der Waals surface area contributed by atoms with Gasteiger partial charge in [0.05, 0.1) is 4.99 Å². The third kappa shape index (κ3) is 2.66. The van der Waals surface area contributed by atoms with Gasteiger partial charge in [0.25, 0.3) is 5.91 Å². The van der Waals surface area contributed by atoms with E-state index in [2.05, 4.69) is 5.32 Å². The average Bonchev–Trinajstić information content (AvgIpc) is 2.60. The quantitative estimate of drug-likeness (QED) is 0.614. The molecule has 0 aromatic heterocycles. The number of carbonyl (C=O) groups excluding carboxylic acids is 2. The van der Waals surface area contributed by atoms with Crippen LogP contribution in [0.5, 0.6) is 0 Å². The zero-order valence-electron chi connectivity index (χ0n) is 12.2. The lowest BCUT2D eigenvalue weighted by molar-refractivity contribution is -0.132. The molecule has 20 heavy (non-hydrogen) atoms. The van der Waals surface area contributed by atoms with Crippen LogP contribution in [-0.2, 0) is 4.79 Å². The van der Waals surface area contributed by atoms with E-state index in [1.165, 1.54) is 4.90 Å². The lowest BCUT2D eigenvalue weighted by Gasteiger charge is -2.31. The zero-order chi connectivity index (χ0) is 15.0. The number of thiocarbonyl (C=S) groups is 1. The second-order valence-corrected chi connectivity index (χ2v) is 6.97. The maximum absolute atomic E-state index is 12.6. The average molecular weight is 297 g/mol. The number of carbonyl (C=O) groups is 2. The van der Waals surface area contributed by atoms with Gasteiger partial charge in [0.2, 0.25) is 0 Å². The largest absolute Gasteiger partial charge is 0.393 e. The van der Waals surface area contributed by atoms with Crippen LogP contribution in [0.2, 0.25) is 0 Å². The lowest BCUT2D eigenvalue weighted by atomic mass is 9.81. The van der Waals surface area contributed by atoms with Gasteiger partial charge in [-0.15, -0.1) is 0 Å². The third-order valence-corrected chi connectivity index (χ3v) is 5.13.